The second kappa shape index (κ2) is 5.48. The number of nitrogens with zero attached hydrogens (tertiary/aromatic N) is 1. The summed E-state index contributed by atoms with van der Waals surface area (Å²) in [4.78, 5) is 2.66. The molecule has 2 rings (SSSR count). The van der Waals surface area contributed by atoms with Crippen molar-refractivity contribution in [3.63, 3.8) is 0 Å². The van der Waals surface area contributed by atoms with Crippen LogP contribution in [0.1, 0.15) is 52.9 Å². The predicted octanol–water partition coefficient (Wildman–Crippen LogP) is 2.39. The van der Waals surface area contributed by atoms with Gasteiger partial charge in [-0.2, -0.15) is 0 Å². The lowest BCUT2D eigenvalue weighted by Gasteiger charge is -2.56. The van der Waals surface area contributed by atoms with Crippen LogP contribution in [0.15, 0.2) is 0 Å². The Hall–Kier alpha value is -0.120. The second-order valence-corrected chi connectivity index (χ2v) is 6.81. The Bertz CT molecular complexity index is 280. The fourth-order valence-electron chi connectivity index (χ4n) is 4.03. The first-order valence-electron chi connectivity index (χ1n) is 7.58. The Kier molecular flexibility index (Phi) is 4.35. The van der Waals surface area contributed by atoms with Gasteiger partial charge in [0.1, 0.15) is 0 Å². The molecule has 2 atom stereocenters. The van der Waals surface area contributed by atoms with E-state index in [9.17, 15) is 0 Å². The number of ether oxygens (including phenoxy) is 1. The summed E-state index contributed by atoms with van der Waals surface area (Å²) in [7, 11) is 0. The molecule has 1 aliphatic carbocycles. The maximum atomic E-state index is 6.26. The molecule has 3 heteroatoms. The first-order valence-corrected chi connectivity index (χ1v) is 7.58. The Labute approximate surface area is 112 Å². The molecule has 2 fully saturated rings. The normalized spacial score (nSPS) is 38.3. The van der Waals surface area contributed by atoms with Gasteiger partial charge >= 0.3 is 0 Å². The molecule has 2 unspecified atom stereocenters. The van der Waals surface area contributed by atoms with Crippen LogP contribution in [0.5, 0.6) is 0 Å². The third-order valence-corrected chi connectivity index (χ3v) is 5.30. The van der Waals surface area contributed by atoms with Crippen molar-refractivity contribution in [2.24, 2.45) is 11.1 Å². The topological polar surface area (TPSA) is 38.5 Å². The van der Waals surface area contributed by atoms with Crippen LogP contribution in [0.3, 0.4) is 0 Å². The first-order chi connectivity index (χ1) is 8.52. The van der Waals surface area contributed by atoms with E-state index in [-0.39, 0.29) is 5.54 Å². The van der Waals surface area contributed by atoms with Crippen LogP contribution >= 0.6 is 0 Å². The maximum absolute atomic E-state index is 6.26. The molecule has 1 saturated carbocycles. The number of hydrogen-bond donors (Lipinski definition) is 1. The van der Waals surface area contributed by atoms with Gasteiger partial charge in [-0.1, -0.05) is 26.7 Å². The average Bonchev–Trinajstić information content (AvgIpc) is 2.54. The van der Waals surface area contributed by atoms with Crippen molar-refractivity contribution in [1.29, 1.82) is 0 Å². The van der Waals surface area contributed by atoms with E-state index in [0.29, 0.717) is 11.5 Å². The van der Waals surface area contributed by atoms with Crippen molar-refractivity contribution in [3.8, 4) is 0 Å². The molecule has 1 saturated heterocycles. The molecule has 106 valence electrons. The summed E-state index contributed by atoms with van der Waals surface area (Å²) < 4.78 is 5.80. The largest absolute Gasteiger partial charge is 0.377 e. The van der Waals surface area contributed by atoms with Gasteiger partial charge in [0.25, 0.3) is 0 Å². The highest BCUT2D eigenvalue weighted by Gasteiger charge is 2.49. The van der Waals surface area contributed by atoms with Crippen molar-refractivity contribution < 1.29 is 4.74 Å². The van der Waals surface area contributed by atoms with Gasteiger partial charge in [0.05, 0.1) is 6.10 Å². The van der Waals surface area contributed by atoms with Crippen LogP contribution in [-0.2, 0) is 4.74 Å². The minimum Gasteiger partial charge on any atom is -0.377 e. The first kappa shape index (κ1) is 14.3. The van der Waals surface area contributed by atoms with Gasteiger partial charge in [0.15, 0.2) is 0 Å². The highest BCUT2D eigenvalue weighted by atomic mass is 16.5. The summed E-state index contributed by atoms with van der Waals surface area (Å²) in [6.07, 6.45) is 6.72. The van der Waals surface area contributed by atoms with Gasteiger partial charge in [0.2, 0.25) is 0 Å². The van der Waals surface area contributed by atoms with Gasteiger partial charge in [-0.25, -0.2) is 0 Å². The van der Waals surface area contributed by atoms with E-state index in [2.05, 4.69) is 25.7 Å². The van der Waals surface area contributed by atoms with Gasteiger partial charge in [-0.3, -0.25) is 4.90 Å². The van der Waals surface area contributed by atoms with Crippen LogP contribution in [0.2, 0.25) is 0 Å². The van der Waals surface area contributed by atoms with Crippen molar-refractivity contribution >= 4 is 0 Å². The predicted molar refractivity (Wildman–Crippen MR) is 75.6 cm³/mol. The van der Waals surface area contributed by atoms with E-state index < -0.39 is 0 Å². The van der Waals surface area contributed by atoms with Crippen LogP contribution in [0.25, 0.3) is 0 Å². The molecular formula is C15H30N2O. The lowest BCUT2D eigenvalue weighted by Crippen LogP contribution is -2.64. The van der Waals surface area contributed by atoms with Gasteiger partial charge in [-0.05, 0) is 31.6 Å². The van der Waals surface area contributed by atoms with E-state index in [0.717, 1.165) is 32.7 Å². The standard InChI is InChI=1S/C15H30N2O/c1-13-11-17(9-6-10-18-13)15(12-16)8-5-4-7-14(15,2)3/h13H,4-12,16H2,1-3H3. The molecule has 0 aromatic heterocycles. The highest BCUT2D eigenvalue weighted by molar-refractivity contribution is 5.05. The van der Waals surface area contributed by atoms with Crippen molar-refractivity contribution in [2.75, 3.05) is 26.2 Å². The van der Waals surface area contributed by atoms with Gasteiger partial charge in [0, 0.05) is 31.8 Å². The Balaban J connectivity index is 2.23. The summed E-state index contributed by atoms with van der Waals surface area (Å²) in [5.41, 5.74) is 6.77. The van der Waals surface area contributed by atoms with E-state index in [1.54, 1.807) is 0 Å². The fourth-order valence-corrected chi connectivity index (χ4v) is 4.03. The van der Waals surface area contributed by atoms with Gasteiger partial charge in [-0.15, -0.1) is 0 Å². The monoisotopic (exact) mass is 254 g/mol. The van der Waals surface area contributed by atoms with Crippen molar-refractivity contribution in [1.82, 2.24) is 4.90 Å². The Morgan fingerprint density at radius 1 is 1.22 bits per heavy atom. The lowest BCUT2D eigenvalue weighted by atomic mass is 9.62. The third kappa shape index (κ3) is 2.45. The van der Waals surface area contributed by atoms with Crippen LogP contribution < -0.4 is 5.73 Å². The third-order valence-electron chi connectivity index (χ3n) is 5.30. The summed E-state index contributed by atoms with van der Waals surface area (Å²) in [6, 6.07) is 0. The Morgan fingerprint density at radius 2 is 1.94 bits per heavy atom. The minimum absolute atomic E-state index is 0.188. The molecule has 0 aromatic rings. The number of nitrogens with two attached hydrogens (primary N) is 1. The van der Waals surface area contributed by atoms with E-state index >= 15 is 0 Å². The molecule has 18 heavy (non-hydrogen) atoms. The van der Waals surface area contributed by atoms with Crippen molar-refractivity contribution in [2.45, 2.75) is 64.5 Å². The molecule has 0 spiro atoms. The number of rotatable bonds is 2. The molecule has 1 aliphatic heterocycles. The molecule has 1 heterocycles. The summed E-state index contributed by atoms with van der Waals surface area (Å²) in [5, 5.41) is 0. The lowest BCUT2D eigenvalue weighted by molar-refractivity contribution is -0.0534. The van der Waals surface area contributed by atoms with E-state index in [1.807, 2.05) is 0 Å². The minimum atomic E-state index is 0.188. The summed E-state index contributed by atoms with van der Waals surface area (Å²) in [5.74, 6) is 0. The molecule has 3 nitrogen and oxygen atoms in total. The van der Waals surface area contributed by atoms with Gasteiger partial charge < -0.3 is 10.5 Å². The zero-order valence-corrected chi connectivity index (χ0v) is 12.4. The molecule has 0 amide bonds. The SMILES string of the molecule is CC1CN(C2(CN)CCCCC2(C)C)CCCO1. The molecule has 0 radical (unpaired) electrons. The quantitative estimate of drug-likeness (QED) is 0.822. The zero-order chi connectivity index (χ0) is 13.2. The van der Waals surface area contributed by atoms with Crippen LogP contribution in [-0.4, -0.2) is 42.8 Å². The second-order valence-electron chi connectivity index (χ2n) is 6.81. The highest BCUT2D eigenvalue weighted by Crippen LogP contribution is 2.47. The van der Waals surface area contributed by atoms with Crippen LogP contribution in [0.4, 0.5) is 0 Å². The van der Waals surface area contributed by atoms with E-state index in [1.165, 1.54) is 25.7 Å². The molecular weight excluding hydrogens is 224 g/mol. The summed E-state index contributed by atoms with van der Waals surface area (Å²) in [6.45, 7) is 10.9. The average molecular weight is 254 g/mol. The number of hydrogen-bond acceptors (Lipinski definition) is 3. The molecule has 0 bridgehead atoms. The summed E-state index contributed by atoms with van der Waals surface area (Å²) >= 11 is 0. The molecule has 2 N–H and O–H groups in total. The van der Waals surface area contributed by atoms with Crippen molar-refractivity contribution in [3.05, 3.63) is 0 Å². The van der Waals surface area contributed by atoms with E-state index in [4.69, 9.17) is 10.5 Å². The van der Waals surface area contributed by atoms with Crippen LogP contribution in [0, 0.1) is 5.41 Å². The molecule has 2 aliphatic rings. The smallest absolute Gasteiger partial charge is 0.0674 e. The maximum Gasteiger partial charge on any atom is 0.0674 e. The zero-order valence-electron chi connectivity index (χ0n) is 12.4. The fraction of sp³-hybridized carbons (Fsp3) is 1.00. The molecule has 0 aromatic carbocycles. The Morgan fingerprint density at radius 3 is 2.61 bits per heavy atom.